The summed E-state index contributed by atoms with van der Waals surface area (Å²) < 4.78 is 0. The van der Waals surface area contributed by atoms with Crippen LogP contribution in [0, 0.1) is 0 Å². The van der Waals surface area contributed by atoms with Crippen LogP contribution in [0.1, 0.15) is 6.42 Å². The van der Waals surface area contributed by atoms with Crippen LogP contribution in [0.25, 0.3) is 0 Å². The topological polar surface area (TPSA) is 92.9 Å². The molecular formula is C6H10N2O4. The lowest BCUT2D eigenvalue weighted by molar-refractivity contribution is -0.172. The first-order chi connectivity index (χ1) is 5.59. The summed E-state index contributed by atoms with van der Waals surface area (Å²) in [6, 6.07) is -1.00. The molecule has 0 aromatic heterocycles. The smallest absolute Gasteiger partial charge is 0.326 e. The zero-order valence-corrected chi connectivity index (χ0v) is 6.40. The molecule has 68 valence electrons. The molecule has 3 N–H and O–H groups in total. The predicted octanol–water partition coefficient (Wildman–Crippen LogP) is -1.44. The minimum absolute atomic E-state index is 0.0427. The van der Waals surface area contributed by atoms with Crippen molar-refractivity contribution in [1.29, 1.82) is 0 Å². The normalized spacial score (nSPS) is 20.6. The van der Waals surface area contributed by atoms with Gasteiger partial charge in [-0.05, 0) is 0 Å². The zero-order valence-electron chi connectivity index (χ0n) is 6.40. The van der Waals surface area contributed by atoms with E-state index in [1.165, 1.54) is 5.06 Å². The number of carboxylic acid groups (broad SMARTS) is 1. The minimum atomic E-state index is -1.10. The molecule has 0 aromatic rings. The van der Waals surface area contributed by atoms with Crippen molar-refractivity contribution in [3.05, 3.63) is 0 Å². The molecule has 1 atom stereocenters. The van der Waals surface area contributed by atoms with Crippen LogP contribution >= 0.6 is 0 Å². The number of carbonyl (C=O) groups is 2. The Balaban J connectivity index is 2.32. The summed E-state index contributed by atoms with van der Waals surface area (Å²) in [6.07, 6.45) is 0.298. The highest BCUT2D eigenvalue weighted by atomic mass is 16.7. The lowest BCUT2D eigenvalue weighted by Gasteiger charge is -2.14. The third kappa shape index (κ3) is 2.18. The summed E-state index contributed by atoms with van der Waals surface area (Å²) in [5.41, 5.74) is 5.21. The quantitative estimate of drug-likeness (QED) is 0.544. The summed E-state index contributed by atoms with van der Waals surface area (Å²) in [7, 11) is 0. The Morgan fingerprint density at radius 1 is 1.83 bits per heavy atom. The van der Waals surface area contributed by atoms with Crippen LogP contribution in [0.2, 0.25) is 0 Å². The maximum absolute atomic E-state index is 10.6. The Bertz CT molecular complexity index is 206. The highest BCUT2D eigenvalue weighted by Crippen LogP contribution is 2.05. The van der Waals surface area contributed by atoms with E-state index >= 15 is 0 Å². The first-order valence-corrected chi connectivity index (χ1v) is 3.53. The van der Waals surface area contributed by atoms with Gasteiger partial charge >= 0.3 is 11.9 Å². The number of nitrogens with two attached hydrogens (primary N) is 1. The Morgan fingerprint density at radius 2 is 2.50 bits per heavy atom. The number of hydrogen-bond acceptors (Lipinski definition) is 5. The molecule has 0 radical (unpaired) electrons. The van der Waals surface area contributed by atoms with Crippen LogP contribution < -0.4 is 5.73 Å². The van der Waals surface area contributed by atoms with Crippen molar-refractivity contribution in [3.63, 3.8) is 0 Å². The number of nitrogens with zero attached hydrogens (tertiary/aromatic N) is 1. The molecular weight excluding hydrogens is 164 g/mol. The maximum Gasteiger partial charge on any atom is 0.326 e. The van der Waals surface area contributed by atoms with Gasteiger partial charge in [0.2, 0.25) is 0 Å². The minimum Gasteiger partial charge on any atom is -0.480 e. The highest BCUT2D eigenvalue weighted by Gasteiger charge is 2.25. The van der Waals surface area contributed by atoms with Gasteiger partial charge in [0.1, 0.15) is 6.04 Å². The van der Waals surface area contributed by atoms with Crippen LogP contribution in [0.5, 0.6) is 0 Å². The number of rotatable bonds is 3. The number of hydroxylamine groups is 2. The molecule has 0 bridgehead atoms. The Kier molecular flexibility index (Phi) is 2.61. The second-order valence-electron chi connectivity index (χ2n) is 2.55. The van der Waals surface area contributed by atoms with Crippen LogP contribution in [-0.2, 0) is 14.4 Å². The van der Waals surface area contributed by atoms with Gasteiger partial charge in [-0.15, -0.1) is 5.06 Å². The lowest BCUT2D eigenvalue weighted by Crippen LogP contribution is -2.41. The summed E-state index contributed by atoms with van der Waals surface area (Å²) >= 11 is 0. The van der Waals surface area contributed by atoms with E-state index in [9.17, 15) is 9.59 Å². The van der Waals surface area contributed by atoms with Crippen molar-refractivity contribution in [2.45, 2.75) is 12.5 Å². The summed E-state index contributed by atoms with van der Waals surface area (Å²) in [4.78, 5) is 25.5. The molecule has 1 aliphatic heterocycles. The fourth-order valence-electron chi connectivity index (χ4n) is 0.877. The van der Waals surface area contributed by atoms with Gasteiger partial charge in [-0.1, -0.05) is 0 Å². The molecule has 1 aliphatic rings. The van der Waals surface area contributed by atoms with Crippen molar-refractivity contribution in [2.75, 3.05) is 13.1 Å². The standard InChI is InChI=1S/C6H10N2O4/c7-4(6(10)11)3-8-2-1-5(9)12-8/h4H,1-3,7H2,(H,10,11). The second kappa shape index (κ2) is 3.51. The van der Waals surface area contributed by atoms with E-state index in [1.807, 2.05) is 0 Å². The molecule has 1 heterocycles. The van der Waals surface area contributed by atoms with Crippen molar-refractivity contribution < 1.29 is 19.5 Å². The van der Waals surface area contributed by atoms with Gasteiger partial charge in [-0.3, -0.25) is 9.59 Å². The van der Waals surface area contributed by atoms with Crippen molar-refractivity contribution in [2.24, 2.45) is 5.73 Å². The van der Waals surface area contributed by atoms with E-state index in [2.05, 4.69) is 4.84 Å². The molecule has 1 fully saturated rings. The molecule has 12 heavy (non-hydrogen) atoms. The lowest BCUT2D eigenvalue weighted by atomic mass is 10.3. The molecule has 0 saturated carbocycles. The van der Waals surface area contributed by atoms with Gasteiger partial charge in [0.15, 0.2) is 0 Å². The molecule has 0 amide bonds. The van der Waals surface area contributed by atoms with E-state index < -0.39 is 12.0 Å². The second-order valence-corrected chi connectivity index (χ2v) is 2.55. The zero-order chi connectivity index (χ0) is 9.14. The van der Waals surface area contributed by atoms with E-state index in [4.69, 9.17) is 10.8 Å². The van der Waals surface area contributed by atoms with Gasteiger partial charge in [-0.25, -0.2) is 0 Å². The number of carbonyl (C=O) groups excluding carboxylic acids is 1. The Morgan fingerprint density at radius 3 is 2.92 bits per heavy atom. The fourth-order valence-corrected chi connectivity index (χ4v) is 0.877. The van der Waals surface area contributed by atoms with Gasteiger partial charge in [0.05, 0.1) is 13.0 Å². The largest absolute Gasteiger partial charge is 0.480 e. The molecule has 1 saturated heterocycles. The van der Waals surface area contributed by atoms with Crippen LogP contribution in [-0.4, -0.2) is 41.2 Å². The molecule has 1 unspecified atom stereocenters. The van der Waals surface area contributed by atoms with Crippen molar-refractivity contribution >= 4 is 11.9 Å². The van der Waals surface area contributed by atoms with Gasteiger partial charge in [-0.2, -0.15) is 0 Å². The van der Waals surface area contributed by atoms with E-state index in [0.29, 0.717) is 13.0 Å². The van der Waals surface area contributed by atoms with E-state index in [1.54, 1.807) is 0 Å². The van der Waals surface area contributed by atoms with Gasteiger partial charge in [0.25, 0.3) is 0 Å². The number of carboxylic acids is 1. The fraction of sp³-hybridized carbons (Fsp3) is 0.667. The Labute approximate surface area is 68.8 Å². The SMILES string of the molecule is NC(CN1CCC(=O)O1)C(=O)O. The molecule has 1 rings (SSSR count). The molecule has 0 spiro atoms. The van der Waals surface area contributed by atoms with Crippen LogP contribution in [0.4, 0.5) is 0 Å². The Hall–Kier alpha value is -1.14. The van der Waals surface area contributed by atoms with Crippen LogP contribution in [0.15, 0.2) is 0 Å². The molecule has 6 heteroatoms. The summed E-state index contributed by atoms with van der Waals surface area (Å²) in [5.74, 6) is -1.44. The summed E-state index contributed by atoms with van der Waals surface area (Å²) in [6.45, 7) is 0.459. The van der Waals surface area contributed by atoms with Gasteiger partial charge in [0, 0.05) is 6.54 Å². The molecule has 0 aromatic carbocycles. The predicted molar refractivity (Wildman–Crippen MR) is 37.9 cm³/mol. The third-order valence-corrected chi connectivity index (χ3v) is 1.51. The average Bonchev–Trinajstić information content (AvgIpc) is 2.35. The molecule has 6 nitrogen and oxygen atoms in total. The molecule has 0 aliphatic carbocycles. The van der Waals surface area contributed by atoms with E-state index in [-0.39, 0.29) is 12.5 Å². The third-order valence-electron chi connectivity index (χ3n) is 1.51. The average molecular weight is 174 g/mol. The number of aliphatic carboxylic acids is 1. The van der Waals surface area contributed by atoms with Crippen molar-refractivity contribution in [1.82, 2.24) is 5.06 Å². The first kappa shape index (κ1) is 8.95. The summed E-state index contributed by atoms with van der Waals surface area (Å²) in [5, 5.41) is 9.68. The monoisotopic (exact) mass is 174 g/mol. The first-order valence-electron chi connectivity index (χ1n) is 3.53. The maximum atomic E-state index is 10.6. The van der Waals surface area contributed by atoms with Crippen LogP contribution in [0.3, 0.4) is 0 Å². The number of hydrogen-bond donors (Lipinski definition) is 2. The van der Waals surface area contributed by atoms with E-state index in [0.717, 1.165) is 0 Å². The van der Waals surface area contributed by atoms with Gasteiger partial charge < -0.3 is 15.7 Å². The van der Waals surface area contributed by atoms with Crippen molar-refractivity contribution in [3.8, 4) is 0 Å². The highest BCUT2D eigenvalue weighted by molar-refractivity contribution is 5.74.